The third-order valence-electron chi connectivity index (χ3n) is 4.20. The zero-order valence-electron chi connectivity index (χ0n) is 16.5. The zero-order valence-corrected chi connectivity index (χ0v) is 16.5. The van der Waals surface area contributed by atoms with Crippen molar-refractivity contribution in [3.63, 3.8) is 0 Å². The fourth-order valence-electron chi connectivity index (χ4n) is 2.83. The van der Waals surface area contributed by atoms with Crippen LogP contribution in [0.15, 0.2) is 11.6 Å². The van der Waals surface area contributed by atoms with Crippen molar-refractivity contribution in [2.24, 2.45) is 0 Å². The Kier molecular flexibility index (Phi) is 15.3. The molecule has 0 aromatic rings. The molecule has 0 aliphatic carbocycles. The number of carbonyl (C=O) groups is 2. The number of aliphatic carboxylic acids is 1. The van der Waals surface area contributed by atoms with Crippen LogP contribution in [0.1, 0.15) is 104 Å². The monoisotopic (exact) mass is 354 g/mol. The minimum absolute atomic E-state index is 0.230. The summed E-state index contributed by atoms with van der Waals surface area (Å²) in [6.45, 7) is 5.77. The fraction of sp³-hybridized carbons (Fsp3) is 0.810. The molecule has 0 spiro atoms. The number of esters is 1. The molecule has 0 fully saturated rings. The minimum atomic E-state index is -1.09. The van der Waals surface area contributed by atoms with Crippen LogP contribution in [0.4, 0.5) is 0 Å². The van der Waals surface area contributed by atoms with Crippen LogP contribution >= 0.6 is 0 Å². The summed E-state index contributed by atoms with van der Waals surface area (Å²) >= 11 is 0. The van der Waals surface area contributed by atoms with Crippen molar-refractivity contribution in [3.05, 3.63) is 11.6 Å². The second-order valence-electron chi connectivity index (χ2n) is 7.10. The number of unbranched alkanes of at least 4 members (excludes halogenated alkanes) is 11. The van der Waals surface area contributed by atoms with Crippen molar-refractivity contribution in [1.82, 2.24) is 0 Å². The van der Waals surface area contributed by atoms with E-state index in [1.165, 1.54) is 57.8 Å². The molecule has 0 rings (SSSR count). The van der Waals surface area contributed by atoms with E-state index in [1.807, 2.05) is 0 Å². The van der Waals surface area contributed by atoms with Crippen molar-refractivity contribution >= 4 is 11.9 Å². The van der Waals surface area contributed by atoms with Gasteiger partial charge in [0.15, 0.2) is 0 Å². The third kappa shape index (κ3) is 15.9. The molecule has 146 valence electrons. The van der Waals surface area contributed by atoms with Crippen LogP contribution in [0.2, 0.25) is 0 Å². The van der Waals surface area contributed by atoms with Gasteiger partial charge in [-0.15, -0.1) is 0 Å². The first-order valence-corrected chi connectivity index (χ1v) is 10.1. The van der Waals surface area contributed by atoms with Crippen molar-refractivity contribution in [1.29, 1.82) is 0 Å². The van der Waals surface area contributed by atoms with Gasteiger partial charge in [0.1, 0.15) is 0 Å². The molecule has 4 heteroatoms. The quantitative estimate of drug-likeness (QED) is 0.208. The van der Waals surface area contributed by atoms with E-state index in [1.54, 1.807) is 13.8 Å². The summed E-state index contributed by atoms with van der Waals surface area (Å²) in [6, 6.07) is 0. The van der Waals surface area contributed by atoms with Gasteiger partial charge in [-0.1, -0.05) is 77.6 Å². The molecule has 1 N–H and O–H groups in total. The second kappa shape index (κ2) is 16.2. The topological polar surface area (TPSA) is 63.6 Å². The first-order chi connectivity index (χ1) is 12.0. The summed E-state index contributed by atoms with van der Waals surface area (Å²) in [5.41, 5.74) is 0.272. The van der Waals surface area contributed by atoms with E-state index in [-0.39, 0.29) is 11.7 Å². The van der Waals surface area contributed by atoms with Crippen LogP contribution in [-0.2, 0) is 14.3 Å². The lowest BCUT2D eigenvalue weighted by Crippen LogP contribution is -2.14. The highest BCUT2D eigenvalue weighted by molar-refractivity contribution is 5.95. The van der Waals surface area contributed by atoms with E-state index in [2.05, 4.69) is 6.92 Å². The predicted octanol–water partition coefficient (Wildman–Crippen LogP) is 6.04. The third-order valence-corrected chi connectivity index (χ3v) is 4.20. The smallest absolute Gasteiger partial charge is 0.334 e. The zero-order chi connectivity index (χ0) is 18.9. The van der Waals surface area contributed by atoms with E-state index in [4.69, 9.17) is 9.84 Å². The van der Waals surface area contributed by atoms with Crippen LogP contribution in [0.25, 0.3) is 0 Å². The lowest BCUT2D eigenvalue weighted by Gasteiger charge is -2.10. The summed E-state index contributed by atoms with van der Waals surface area (Å²) in [5, 5.41) is 8.87. The summed E-state index contributed by atoms with van der Waals surface area (Å²) in [6.07, 6.45) is 16.2. The lowest BCUT2D eigenvalue weighted by atomic mass is 10.0. The van der Waals surface area contributed by atoms with Crippen molar-refractivity contribution < 1.29 is 19.4 Å². The van der Waals surface area contributed by atoms with Gasteiger partial charge in [0.25, 0.3) is 0 Å². The van der Waals surface area contributed by atoms with Gasteiger partial charge in [0, 0.05) is 11.6 Å². The molecule has 0 heterocycles. The van der Waals surface area contributed by atoms with E-state index in [9.17, 15) is 9.59 Å². The standard InChI is InChI=1S/C21H38O4/c1-4-5-6-7-8-9-10-11-12-13-14-15-16-19(17-20(22)23)21(24)25-18(2)3/h17-18H,4-16H2,1-3H3,(H,22,23). The molecule has 0 aliphatic heterocycles. The molecule has 0 bridgehead atoms. The second-order valence-corrected chi connectivity index (χ2v) is 7.10. The van der Waals surface area contributed by atoms with Gasteiger partial charge >= 0.3 is 11.9 Å². The van der Waals surface area contributed by atoms with Gasteiger partial charge < -0.3 is 9.84 Å². The summed E-state index contributed by atoms with van der Waals surface area (Å²) in [4.78, 5) is 22.7. The maximum Gasteiger partial charge on any atom is 0.334 e. The van der Waals surface area contributed by atoms with Crippen molar-refractivity contribution in [2.75, 3.05) is 0 Å². The number of hydrogen-bond donors (Lipinski definition) is 1. The number of carbonyl (C=O) groups excluding carboxylic acids is 1. The molecule has 0 aromatic carbocycles. The van der Waals surface area contributed by atoms with Gasteiger partial charge in [0.05, 0.1) is 6.10 Å². The Morgan fingerprint density at radius 2 is 1.28 bits per heavy atom. The average molecular weight is 355 g/mol. The van der Waals surface area contributed by atoms with Crippen molar-refractivity contribution in [2.45, 2.75) is 110 Å². The average Bonchev–Trinajstić information content (AvgIpc) is 2.53. The molecule has 25 heavy (non-hydrogen) atoms. The molecular weight excluding hydrogens is 316 g/mol. The number of rotatable bonds is 16. The van der Waals surface area contributed by atoms with Crippen LogP contribution in [0, 0.1) is 0 Å². The Hall–Kier alpha value is -1.32. The molecule has 0 saturated carbocycles. The molecule has 0 unspecified atom stereocenters. The van der Waals surface area contributed by atoms with Crippen LogP contribution in [0.3, 0.4) is 0 Å². The largest absolute Gasteiger partial charge is 0.478 e. The van der Waals surface area contributed by atoms with Crippen LogP contribution in [0.5, 0.6) is 0 Å². The fourth-order valence-corrected chi connectivity index (χ4v) is 2.83. The summed E-state index contributed by atoms with van der Waals surface area (Å²) in [5.74, 6) is -1.59. The first-order valence-electron chi connectivity index (χ1n) is 10.1. The van der Waals surface area contributed by atoms with E-state index in [0.29, 0.717) is 6.42 Å². The molecule has 4 nitrogen and oxygen atoms in total. The molecule has 0 radical (unpaired) electrons. The number of ether oxygens (including phenoxy) is 1. The predicted molar refractivity (Wildman–Crippen MR) is 103 cm³/mol. The minimum Gasteiger partial charge on any atom is -0.478 e. The SMILES string of the molecule is CCCCCCCCCCCCCCC(=CC(=O)O)C(=O)OC(C)C. The van der Waals surface area contributed by atoms with E-state index >= 15 is 0 Å². The maximum atomic E-state index is 11.9. The summed E-state index contributed by atoms with van der Waals surface area (Å²) < 4.78 is 5.10. The van der Waals surface area contributed by atoms with Crippen LogP contribution < -0.4 is 0 Å². The number of carboxylic acid groups (broad SMARTS) is 1. The molecule has 0 saturated heterocycles. The summed E-state index contributed by atoms with van der Waals surface area (Å²) in [7, 11) is 0. The van der Waals surface area contributed by atoms with Crippen LogP contribution in [-0.4, -0.2) is 23.1 Å². The van der Waals surface area contributed by atoms with Gasteiger partial charge in [-0.2, -0.15) is 0 Å². The Bertz CT molecular complexity index is 385. The number of hydrogen-bond acceptors (Lipinski definition) is 3. The molecular formula is C21H38O4. The van der Waals surface area contributed by atoms with Gasteiger partial charge in [0.2, 0.25) is 0 Å². The Balaban J connectivity index is 3.72. The highest BCUT2D eigenvalue weighted by atomic mass is 16.5. The lowest BCUT2D eigenvalue weighted by molar-refractivity contribution is -0.143. The van der Waals surface area contributed by atoms with Gasteiger partial charge in [-0.25, -0.2) is 9.59 Å². The highest BCUT2D eigenvalue weighted by Gasteiger charge is 2.14. The highest BCUT2D eigenvalue weighted by Crippen LogP contribution is 2.15. The normalized spacial score (nSPS) is 11.8. The number of carboxylic acids is 1. The van der Waals surface area contributed by atoms with E-state index in [0.717, 1.165) is 25.3 Å². The van der Waals surface area contributed by atoms with Gasteiger partial charge in [-0.05, 0) is 26.7 Å². The Morgan fingerprint density at radius 1 is 0.840 bits per heavy atom. The molecule has 0 atom stereocenters. The molecule has 0 aromatic heterocycles. The van der Waals surface area contributed by atoms with Crippen molar-refractivity contribution in [3.8, 4) is 0 Å². The first kappa shape index (κ1) is 23.7. The van der Waals surface area contributed by atoms with Gasteiger partial charge in [-0.3, -0.25) is 0 Å². The Morgan fingerprint density at radius 3 is 1.68 bits per heavy atom. The maximum absolute atomic E-state index is 11.9. The van der Waals surface area contributed by atoms with E-state index < -0.39 is 11.9 Å². The molecule has 0 amide bonds. The Labute approximate surface area is 154 Å². The molecule has 0 aliphatic rings.